The second kappa shape index (κ2) is 12.0. The Morgan fingerprint density at radius 2 is 1.72 bits per heavy atom. The van der Waals surface area contributed by atoms with Crippen LogP contribution in [0.3, 0.4) is 0 Å². The fourth-order valence-corrected chi connectivity index (χ4v) is 4.24. The average molecular weight is 546 g/mol. The Kier molecular flexibility index (Phi) is 8.46. The molecule has 0 aliphatic carbocycles. The lowest BCUT2D eigenvalue weighted by Gasteiger charge is -2.18. The molecule has 1 aliphatic heterocycles. The van der Waals surface area contributed by atoms with Crippen LogP contribution in [0.4, 0.5) is 17.1 Å². The highest BCUT2D eigenvalue weighted by Crippen LogP contribution is 2.32. The summed E-state index contributed by atoms with van der Waals surface area (Å²) >= 11 is 6.29. The third-order valence-electron chi connectivity index (χ3n) is 6.15. The lowest BCUT2D eigenvalue weighted by Crippen LogP contribution is -2.33. The zero-order chi connectivity index (χ0) is 28.1. The molecule has 1 heterocycles. The van der Waals surface area contributed by atoms with Crippen molar-refractivity contribution < 1.29 is 23.9 Å². The van der Waals surface area contributed by atoms with Crippen LogP contribution in [0.25, 0.3) is 0 Å². The summed E-state index contributed by atoms with van der Waals surface area (Å²) in [6, 6.07) is 18.4. The molecule has 3 amide bonds. The molecule has 0 aromatic heterocycles. The van der Waals surface area contributed by atoms with E-state index in [1.165, 1.54) is 6.07 Å². The molecule has 3 aromatic rings. The van der Waals surface area contributed by atoms with E-state index in [1.807, 2.05) is 26.0 Å². The van der Waals surface area contributed by atoms with Gasteiger partial charge in [-0.1, -0.05) is 55.3 Å². The number of hydrogen-bond acceptors (Lipinski definition) is 6. The molecule has 0 bridgehead atoms. The van der Waals surface area contributed by atoms with Gasteiger partial charge in [0.15, 0.2) is 0 Å². The van der Waals surface area contributed by atoms with Crippen molar-refractivity contribution in [3.63, 3.8) is 0 Å². The van der Waals surface area contributed by atoms with E-state index in [2.05, 4.69) is 10.6 Å². The number of nitrogens with one attached hydrogen (secondary N) is 2. The van der Waals surface area contributed by atoms with Gasteiger partial charge in [-0.15, -0.1) is 0 Å². The topological polar surface area (TPSA) is 105 Å². The molecule has 0 fully saturated rings. The van der Waals surface area contributed by atoms with E-state index in [0.717, 1.165) is 28.9 Å². The number of carbonyl (C=O) groups excluding carboxylic acids is 4. The van der Waals surface area contributed by atoms with Crippen LogP contribution in [0, 0.1) is 13.8 Å². The molecule has 0 atom stereocenters. The second-order valence-electron chi connectivity index (χ2n) is 9.12. The number of rotatable bonds is 9. The van der Waals surface area contributed by atoms with Gasteiger partial charge in [0.1, 0.15) is 10.7 Å². The molecule has 0 radical (unpaired) electrons. The van der Waals surface area contributed by atoms with E-state index < -0.39 is 23.7 Å². The minimum atomic E-state index is -0.630. The summed E-state index contributed by atoms with van der Waals surface area (Å²) in [5.74, 6) is -2.22. The summed E-state index contributed by atoms with van der Waals surface area (Å²) in [5.41, 5.74) is 3.22. The van der Waals surface area contributed by atoms with Gasteiger partial charge in [-0.3, -0.25) is 14.4 Å². The van der Waals surface area contributed by atoms with Crippen LogP contribution < -0.4 is 15.5 Å². The van der Waals surface area contributed by atoms with Crippen molar-refractivity contribution in [2.24, 2.45) is 0 Å². The number of aryl methyl sites for hydroxylation is 2. The van der Waals surface area contributed by atoms with Crippen molar-refractivity contribution in [3.8, 4) is 0 Å². The first-order valence-corrected chi connectivity index (χ1v) is 12.9. The Labute approximate surface area is 231 Å². The number of amides is 3. The smallest absolute Gasteiger partial charge is 0.340 e. The van der Waals surface area contributed by atoms with Crippen molar-refractivity contribution >= 4 is 52.4 Å². The van der Waals surface area contributed by atoms with Crippen LogP contribution in [0.1, 0.15) is 51.6 Å². The molecule has 9 heteroatoms. The third kappa shape index (κ3) is 6.02. The molecular weight excluding hydrogens is 518 g/mol. The summed E-state index contributed by atoms with van der Waals surface area (Å²) in [4.78, 5) is 52.7. The Hall–Kier alpha value is -4.43. The van der Waals surface area contributed by atoms with Crippen molar-refractivity contribution in [1.82, 2.24) is 0 Å². The first kappa shape index (κ1) is 27.6. The predicted molar refractivity (Wildman–Crippen MR) is 151 cm³/mol. The molecule has 2 N–H and O–H groups in total. The first-order valence-electron chi connectivity index (χ1n) is 12.5. The summed E-state index contributed by atoms with van der Waals surface area (Å²) in [7, 11) is 0. The van der Waals surface area contributed by atoms with Gasteiger partial charge < -0.3 is 15.4 Å². The zero-order valence-corrected chi connectivity index (χ0v) is 22.6. The minimum absolute atomic E-state index is 0.0831. The zero-order valence-electron chi connectivity index (χ0n) is 21.8. The number of esters is 1. The highest BCUT2D eigenvalue weighted by Gasteiger charge is 2.39. The summed E-state index contributed by atoms with van der Waals surface area (Å²) in [5, 5.41) is 5.41. The van der Waals surface area contributed by atoms with Crippen LogP contribution in [0.5, 0.6) is 0 Å². The monoisotopic (exact) mass is 545 g/mol. The number of benzene rings is 3. The first-order chi connectivity index (χ1) is 18.7. The van der Waals surface area contributed by atoms with Crippen LogP contribution >= 0.6 is 11.6 Å². The van der Waals surface area contributed by atoms with Gasteiger partial charge in [-0.2, -0.15) is 0 Å². The van der Waals surface area contributed by atoms with Crippen molar-refractivity contribution in [2.75, 3.05) is 22.1 Å². The molecule has 39 heavy (non-hydrogen) atoms. The van der Waals surface area contributed by atoms with Crippen LogP contribution in [0.2, 0.25) is 0 Å². The predicted octanol–water partition coefficient (Wildman–Crippen LogP) is 5.95. The van der Waals surface area contributed by atoms with Crippen LogP contribution in [-0.2, 0) is 14.3 Å². The number of anilines is 3. The lowest BCUT2D eigenvalue weighted by atomic mass is 10.1. The number of nitrogens with zero attached hydrogens (tertiary/aromatic N) is 1. The van der Waals surface area contributed by atoms with Crippen molar-refractivity contribution in [1.29, 1.82) is 0 Å². The van der Waals surface area contributed by atoms with E-state index in [1.54, 1.807) is 55.5 Å². The molecule has 4 rings (SSSR count). The van der Waals surface area contributed by atoms with Gasteiger partial charge in [0, 0.05) is 11.3 Å². The van der Waals surface area contributed by atoms with Crippen molar-refractivity contribution in [3.05, 3.63) is 99.7 Å². The van der Waals surface area contributed by atoms with E-state index >= 15 is 0 Å². The molecule has 8 nitrogen and oxygen atoms in total. The molecule has 1 aliphatic rings. The maximum absolute atomic E-state index is 13.2. The van der Waals surface area contributed by atoms with Crippen LogP contribution in [0.15, 0.2) is 77.5 Å². The van der Waals surface area contributed by atoms with Gasteiger partial charge in [0.05, 0.1) is 23.5 Å². The Morgan fingerprint density at radius 3 is 2.49 bits per heavy atom. The molecule has 0 unspecified atom stereocenters. The fourth-order valence-electron chi connectivity index (χ4n) is 4.02. The van der Waals surface area contributed by atoms with Gasteiger partial charge in [0.2, 0.25) is 0 Å². The van der Waals surface area contributed by atoms with Gasteiger partial charge in [0.25, 0.3) is 17.7 Å². The highest BCUT2D eigenvalue weighted by molar-refractivity contribution is 6.53. The number of ether oxygens (including phenoxy) is 1. The van der Waals surface area contributed by atoms with Gasteiger partial charge in [-0.05, 0) is 67.8 Å². The summed E-state index contributed by atoms with van der Waals surface area (Å²) < 4.78 is 5.29. The van der Waals surface area contributed by atoms with Gasteiger partial charge in [-0.25, -0.2) is 9.69 Å². The van der Waals surface area contributed by atoms with E-state index in [9.17, 15) is 19.2 Å². The van der Waals surface area contributed by atoms with E-state index in [4.69, 9.17) is 16.3 Å². The van der Waals surface area contributed by atoms with Crippen molar-refractivity contribution in [2.45, 2.75) is 33.6 Å². The lowest BCUT2D eigenvalue weighted by molar-refractivity contribution is -0.120. The standard InChI is InChI=1S/C30H28ClN3O5/c1-4-5-15-39-30(38)22-11-6-7-12-23(22)33-27(35)20-9-8-10-21(17-20)32-26-25(31)28(36)34(29(26)37)24-16-18(2)13-14-19(24)3/h6-14,16-17,32H,4-5,15H2,1-3H3,(H,33,35). The maximum atomic E-state index is 13.2. The molecule has 0 spiro atoms. The van der Waals surface area contributed by atoms with Crippen LogP contribution in [-0.4, -0.2) is 30.3 Å². The summed E-state index contributed by atoms with van der Waals surface area (Å²) in [6.45, 7) is 5.97. The molecular formula is C30H28ClN3O5. The molecule has 0 saturated heterocycles. The largest absolute Gasteiger partial charge is 0.462 e. The number of unbranched alkanes of at least 4 members (excludes halogenated alkanes) is 1. The normalized spacial score (nSPS) is 13.1. The molecule has 200 valence electrons. The average Bonchev–Trinajstić information content (AvgIpc) is 3.13. The minimum Gasteiger partial charge on any atom is -0.462 e. The number of para-hydroxylation sites is 1. The SMILES string of the molecule is CCCCOC(=O)c1ccccc1NC(=O)c1cccc(NC2=C(Cl)C(=O)N(c3cc(C)ccc3C)C2=O)c1. The number of imide groups is 1. The Balaban J connectivity index is 1.52. The number of hydrogen-bond donors (Lipinski definition) is 2. The Morgan fingerprint density at radius 1 is 0.949 bits per heavy atom. The molecule has 0 saturated carbocycles. The fraction of sp³-hybridized carbons (Fsp3) is 0.200. The summed E-state index contributed by atoms with van der Waals surface area (Å²) in [6.07, 6.45) is 1.64. The number of carbonyl (C=O) groups is 4. The van der Waals surface area contributed by atoms with E-state index in [0.29, 0.717) is 23.7 Å². The maximum Gasteiger partial charge on any atom is 0.340 e. The molecule has 3 aromatic carbocycles. The third-order valence-corrected chi connectivity index (χ3v) is 6.50. The second-order valence-corrected chi connectivity index (χ2v) is 9.50. The highest BCUT2D eigenvalue weighted by atomic mass is 35.5. The Bertz CT molecular complexity index is 1500. The quantitative estimate of drug-likeness (QED) is 0.196. The van der Waals surface area contributed by atoms with E-state index in [-0.39, 0.29) is 21.9 Å². The van der Waals surface area contributed by atoms with Gasteiger partial charge >= 0.3 is 5.97 Å². The number of halogens is 1.